The molecule has 3 fully saturated rings. The summed E-state index contributed by atoms with van der Waals surface area (Å²) >= 11 is 0. The van der Waals surface area contributed by atoms with E-state index in [1.807, 2.05) is 23.1 Å². The van der Waals surface area contributed by atoms with Gasteiger partial charge in [-0.2, -0.15) is 5.26 Å². The molecule has 1 N–H and O–H groups in total. The molecule has 206 valence electrons. The molecule has 3 heterocycles. The van der Waals surface area contributed by atoms with Crippen molar-refractivity contribution in [3.8, 4) is 29.0 Å². The second-order valence-corrected chi connectivity index (χ2v) is 10.8. The third-order valence-electron chi connectivity index (χ3n) is 7.78. The zero-order valence-electron chi connectivity index (χ0n) is 22.3. The average Bonchev–Trinajstić information content (AvgIpc) is 3.48. The molecule has 3 aromatic rings. The Morgan fingerprint density at radius 3 is 2.58 bits per heavy atom. The zero-order valence-corrected chi connectivity index (χ0v) is 22.3. The SMILES string of the molecule is N#CCN1CCC(c2nnc(-c3ccc(CN4CCCC4=O)c(Oc4ccc(C(=O)NC5CC5)cc4)c3)o2)CC1. The van der Waals surface area contributed by atoms with Crippen LogP contribution in [0.5, 0.6) is 11.5 Å². The van der Waals surface area contributed by atoms with Gasteiger partial charge in [-0.1, -0.05) is 6.07 Å². The first kappa shape index (κ1) is 26.0. The molecule has 1 aliphatic carbocycles. The molecule has 0 bridgehead atoms. The highest BCUT2D eigenvalue weighted by Crippen LogP contribution is 2.34. The van der Waals surface area contributed by atoms with Crippen LogP contribution in [0.1, 0.15) is 66.3 Å². The number of rotatable bonds is 9. The number of benzene rings is 2. The van der Waals surface area contributed by atoms with Crippen molar-refractivity contribution in [3.05, 3.63) is 59.5 Å². The van der Waals surface area contributed by atoms with Crippen LogP contribution < -0.4 is 10.1 Å². The predicted octanol–water partition coefficient (Wildman–Crippen LogP) is 4.25. The Morgan fingerprint density at radius 2 is 1.88 bits per heavy atom. The number of nitrogens with zero attached hydrogens (tertiary/aromatic N) is 5. The van der Waals surface area contributed by atoms with E-state index in [0.717, 1.165) is 62.9 Å². The van der Waals surface area contributed by atoms with Gasteiger partial charge in [0, 0.05) is 48.2 Å². The summed E-state index contributed by atoms with van der Waals surface area (Å²) in [5, 5.41) is 20.6. The number of nitriles is 1. The summed E-state index contributed by atoms with van der Waals surface area (Å²) in [4.78, 5) is 28.7. The van der Waals surface area contributed by atoms with Gasteiger partial charge in [-0.25, -0.2) is 0 Å². The lowest BCUT2D eigenvalue weighted by Gasteiger charge is -2.28. The molecular weight excluding hydrogens is 508 g/mol. The van der Waals surface area contributed by atoms with E-state index in [0.29, 0.717) is 54.4 Å². The first-order valence-corrected chi connectivity index (χ1v) is 14.0. The maximum Gasteiger partial charge on any atom is 0.251 e. The quantitative estimate of drug-likeness (QED) is 0.400. The van der Waals surface area contributed by atoms with Gasteiger partial charge in [-0.15, -0.1) is 10.2 Å². The Hall–Kier alpha value is -4.23. The molecular formula is C30H32N6O4. The van der Waals surface area contributed by atoms with Gasteiger partial charge in [0.05, 0.1) is 12.6 Å². The smallest absolute Gasteiger partial charge is 0.251 e. The lowest BCUT2D eigenvalue weighted by molar-refractivity contribution is -0.128. The second-order valence-electron chi connectivity index (χ2n) is 10.8. The van der Waals surface area contributed by atoms with Crippen LogP contribution >= 0.6 is 0 Å². The van der Waals surface area contributed by atoms with Crippen LogP contribution in [0.15, 0.2) is 46.9 Å². The van der Waals surface area contributed by atoms with Crippen molar-refractivity contribution >= 4 is 11.8 Å². The fraction of sp³-hybridized carbons (Fsp3) is 0.433. The Labute approximate surface area is 232 Å². The summed E-state index contributed by atoms with van der Waals surface area (Å²) in [6, 6.07) is 15.3. The fourth-order valence-electron chi connectivity index (χ4n) is 5.24. The van der Waals surface area contributed by atoms with E-state index in [2.05, 4.69) is 26.5 Å². The Bertz CT molecular complexity index is 1420. The molecule has 2 amide bonds. The van der Waals surface area contributed by atoms with E-state index in [4.69, 9.17) is 14.4 Å². The molecule has 1 saturated carbocycles. The molecule has 0 radical (unpaired) electrons. The minimum absolute atomic E-state index is 0.0767. The molecule has 10 nitrogen and oxygen atoms in total. The van der Waals surface area contributed by atoms with Gasteiger partial charge in [0.25, 0.3) is 5.91 Å². The number of likely N-dealkylation sites (tertiary alicyclic amines) is 2. The third-order valence-corrected chi connectivity index (χ3v) is 7.78. The van der Waals surface area contributed by atoms with Crippen molar-refractivity contribution < 1.29 is 18.7 Å². The number of piperidine rings is 1. The minimum Gasteiger partial charge on any atom is -0.457 e. The first-order valence-electron chi connectivity index (χ1n) is 14.0. The standard InChI is InChI=1S/C30H32N6O4/c31-13-17-35-15-11-21(12-16-35)29-33-34-30(40-29)22-3-4-23(19-36-14-1-2-27(36)37)26(18-22)39-25-9-5-20(6-10-25)28(38)32-24-7-8-24/h3-6,9-10,18,21,24H,1-2,7-8,11-12,14-17,19H2,(H,32,38). The molecule has 6 rings (SSSR count). The molecule has 0 spiro atoms. The van der Waals surface area contributed by atoms with Crippen LogP contribution in [-0.2, 0) is 11.3 Å². The Kier molecular flexibility index (Phi) is 7.47. The number of hydrogen-bond donors (Lipinski definition) is 1. The van der Waals surface area contributed by atoms with Crippen LogP contribution in [0.4, 0.5) is 0 Å². The van der Waals surface area contributed by atoms with Crippen LogP contribution in [0.3, 0.4) is 0 Å². The highest BCUT2D eigenvalue weighted by Gasteiger charge is 2.27. The monoisotopic (exact) mass is 540 g/mol. The molecule has 0 atom stereocenters. The average molecular weight is 541 g/mol. The zero-order chi connectivity index (χ0) is 27.5. The van der Waals surface area contributed by atoms with Crippen LogP contribution in [0.2, 0.25) is 0 Å². The van der Waals surface area contributed by atoms with E-state index in [-0.39, 0.29) is 17.7 Å². The second kappa shape index (κ2) is 11.5. The summed E-state index contributed by atoms with van der Waals surface area (Å²) in [5.74, 6) is 2.44. The highest BCUT2D eigenvalue weighted by atomic mass is 16.5. The molecule has 2 aromatic carbocycles. The van der Waals surface area contributed by atoms with Crippen molar-refractivity contribution in [2.75, 3.05) is 26.2 Å². The van der Waals surface area contributed by atoms with E-state index >= 15 is 0 Å². The van der Waals surface area contributed by atoms with E-state index in [1.165, 1.54) is 0 Å². The lowest BCUT2D eigenvalue weighted by Crippen LogP contribution is -2.33. The van der Waals surface area contributed by atoms with E-state index in [1.54, 1.807) is 24.3 Å². The number of ether oxygens (including phenoxy) is 1. The molecule has 1 aromatic heterocycles. The van der Waals surface area contributed by atoms with Crippen LogP contribution in [0.25, 0.3) is 11.5 Å². The van der Waals surface area contributed by atoms with E-state index < -0.39 is 0 Å². The normalized spacial score (nSPS) is 18.1. The van der Waals surface area contributed by atoms with Gasteiger partial charge < -0.3 is 19.4 Å². The van der Waals surface area contributed by atoms with Gasteiger partial charge in [0.2, 0.25) is 17.7 Å². The van der Waals surface area contributed by atoms with Crippen molar-refractivity contribution in [3.63, 3.8) is 0 Å². The van der Waals surface area contributed by atoms with Gasteiger partial charge in [-0.3, -0.25) is 14.5 Å². The maximum atomic E-state index is 12.4. The largest absolute Gasteiger partial charge is 0.457 e. The first-order chi connectivity index (χ1) is 19.6. The van der Waals surface area contributed by atoms with Gasteiger partial charge >= 0.3 is 0 Å². The molecule has 40 heavy (non-hydrogen) atoms. The van der Waals surface area contributed by atoms with E-state index in [9.17, 15) is 9.59 Å². The topological polar surface area (TPSA) is 125 Å². The molecule has 10 heteroatoms. The van der Waals surface area contributed by atoms with Gasteiger partial charge in [0.1, 0.15) is 11.5 Å². The van der Waals surface area contributed by atoms with Crippen molar-refractivity contribution in [1.29, 1.82) is 5.26 Å². The highest BCUT2D eigenvalue weighted by molar-refractivity contribution is 5.94. The molecule has 2 aliphatic heterocycles. The van der Waals surface area contributed by atoms with Crippen LogP contribution in [0, 0.1) is 11.3 Å². The fourth-order valence-corrected chi connectivity index (χ4v) is 5.24. The minimum atomic E-state index is -0.0767. The number of amides is 2. The molecule has 2 saturated heterocycles. The summed E-state index contributed by atoms with van der Waals surface area (Å²) in [5.41, 5.74) is 2.19. The van der Waals surface area contributed by atoms with Crippen LogP contribution in [-0.4, -0.2) is 64.0 Å². The summed E-state index contributed by atoms with van der Waals surface area (Å²) < 4.78 is 12.4. The van der Waals surface area contributed by atoms with Crippen molar-refractivity contribution in [2.45, 2.75) is 57.0 Å². The number of aromatic nitrogens is 2. The maximum absolute atomic E-state index is 12.4. The lowest BCUT2D eigenvalue weighted by atomic mass is 9.97. The predicted molar refractivity (Wildman–Crippen MR) is 145 cm³/mol. The third kappa shape index (κ3) is 6.00. The summed E-state index contributed by atoms with van der Waals surface area (Å²) in [6.07, 6.45) is 5.24. The number of carbonyl (C=O) groups excluding carboxylic acids is 2. The van der Waals surface area contributed by atoms with Crippen molar-refractivity contribution in [2.24, 2.45) is 0 Å². The summed E-state index contributed by atoms with van der Waals surface area (Å²) in [7, 11) is 0. The summed E-state index contributed by atoms with van der Waals surface area (Å²) in [6.45, 7) is 3.28. The Balaban J connectivity index is 1.21. The number of hydrogen-bond acceptors (Lipinski definition) is 8. The van der Waals surface area contributed by atoms with Gasteiger partial charge in [0.15, 0.2) is 0 Å². The number of carbonyl (C=O) groups is 2. The molecule has 0 unspecified atom stereocenters. The molecule has 3 aliphatic rings. The Morgan fingerprint density at radius 1 is 1.07 bits per heavy atom. The number of nitrogens with one attached hydrogen (secondary N) is 1. The van der Waals surface area contributed by atoms with Crippen molar-refractivity contribution in [1.82, 2.24) is 25.3 Å². The van der Waals surface area contributed by atoms with Gasteiger partial charge in [-0.05, 0) is 81.6 Å².